The average Bonchev–Trinajstić information content (AvgIpc) is 3.08. The van der Waals surface area contributed by atoms with Crippen molar-refractivity contribution in [2.45, 2.75) is 20.4 Å². The molecular formula is C23H19ClN2OS. The Bertz CT molecular complexity index is 1130. The van der Waals surface area contributed by atoms with E-state index in [1.165, 1.54) is 11.3 Å². The second kappa shape index (κ2) is 7.74. The number of carbonyl (C=O) groups excluding carboxylic acids is 1. The van der Waals surface area contributed by atoms with E-state index in [4.69, 9.17) is 16.6 Å². The lowest BCUT2D eigenvalue weighted by molar-refractivity contribution is 0.0985. The fraction of sp³-hybridized carbons (Fsp3) is 0.130. The third-order valence-electron chi connectivity index (χ3n) is 4.47. The lowest BCUT2D eigenvalue weighted by Gasteiger charge is -2.20. The molecule has 1 amide bonds. The van der Waals surface area contributed by atoms with Crippen LogP contribution in [-0.4, -0.2) is 10.9 Å². The Morgan fingerprint density at radius 2 is 1.71 bits per heavy atom. The van der Waals surface area contributed by atoms with Crippen LogP contribution >= 0.6 is 22.9 Å². The topological polar surface area (TPSA) is 33.2 Å². The van der Waals surface area contributed by atoms with E-state index in [0.717, 1.165) is 26.9 Å². The van der Waals surface area contributed by atoms with Crippen LogP contribution in [0.3, 0.4) is 0 Å². The molecule has 4 rings (SSSR count). The minimum atomic E-state index is -0.0548. The van der Waals surface area contributed by atoms with Gasteiger partial charge in [0.15, 0.2) is 5.13 Å². The first-order valence-electron chi connectivity index (χ1n) is 9.00. The van der Waals surface area contributed by atoms with Crippen molar-refractivity contribution in [1.29, 1.82) is 0 Å². The molecule has 4 aromatic rings. The van der Waals surface area contributed by atoms with Crippen LogP contribution in [0.15, 0.2) is 66.7 Å². The van der Waals surface area contributed by atoms with Gasteiger partial charge in [-0.05, 0) is 49.7 Å². The van der Waals surface area contributed by atoms with E-state index in [9.17, 15) is 4.79 Å². The molecule has 0 aliphatic rings. The Hall–Kier alpha value is -2.69. The second-order valence-corrected chi connectivity index (χ2v) is 8.31. The smallest absolute Gasteiger partial charge is 0.260 e. The number of nitrogens with zero attached hydrogens (tertiary/aromatic N) is 2. The summed E-state index contributed by atoms with van der Waals surface area (Å²) in [5.74, 6) is -0.0548. The van der Waals surface area contributed by atoms with Gasteiger partial charge in [0, 0.05) is 10.6 Å². The third-order valence-corrected chi connectivity index (χ3v) is 5.74. The fourth-order valence-corrected chi connectivity index (χ4v) is 4.49. The number of halogens is 1. The van der Waals surface area contributed by atoms with Gasteiger partial charge >= 0.3 is 0 Å². The normalized spacial score (nSPS) is 11.0. The van der Waals surface area contributed by atoms with Gasteiger partial charge in [0.05, 0.1) is 16.8 Å². The molecule has 0 radical (unpaired) electrons. The number of fused-ring (bicyclic) bond motifs is 1. The SMILES string of the molecule is Cc1cc(C)cc(C(=O)N(Cc2ccccc2)c2nc3ccc(Cl)cc3s2)c1. The third kappa shape index (κ3) is 3.93. The first-order valence-corrected chi connectivity index (χ1v) is 10.2. The van der Waals surface area contributed by atoms with Crippen molar-refractivity contribution in [2.24, 2.45) is 0 Å². The zero-order valence-electron chi connectivity index (χ0n) is 15.6. The second-order valence-electron chi connectivity index (χ2n) is 6.86. The van der Waals surface area contributed by atoms with E-state index in [2.05, 4.69) is 6.07 Å². The zero-order valence-corrected chi connectivity index (χ0v) is 17.2. The van der Waals surface area contributed by atoms with Gasteiger partial charge in [0.25, 0.3) is 5.91 Å². The van der Waals surface area contributed by atoms with E-state index >= 15 is 0 Å². The van der Waals surface area contributed by atoms with Crippen molar-refractivity contribution in [2.75, 3.05) is 4.90 Å². The van der Waals surface area contributed by atoms with Crippen molar-refractivity contribution in [3.63, 3.8) is 0 Å². The zero-order chi connectivity index (χ0) is 19.7. The summed E-state index contributed by atoms with van der Waals surface area (Å²) in [5, 5.41) is 1.34. The highest BCUT2D eigenvalue weighted by molar-refractivity contribution is 7.22. The van der Waals surface area contributed by atoms with Gasteiger partial charge in [0.1, 0.15) is 0 Å². The van der Waals surface area contributed by atoms with Gasteiger partial charge < -0.3 is 0 Å². The monoisotopic (exact) mass is 406 g/mol. The Morgan fingerprint density at radius 3 is 2.43 bits per heavy atom. The van der Waals surface area contributed by atoms with Crippen molar-refractivity contribution >= 4 is 44.2 Å². The maximum atomic E-state index is 13.5. The highest BCUT2D eigenvalue weighted by Crippen LogP contribution is 2.32. The van der Waals surface area contributed by atoms with Gasteiger partial charge in [0.2, 0.25) is 0 Å². The molecule has 0 fully saturated rings. The van der Waals surface area contributed by atoms with Crippen molar-refractivity contribution in [3.8, 4) is 0 Å². The molecule has 1 heterocycles. The number of rotatable bonds is 4. The maximum Gasteiger partial charge on any atom is 0.260 e. The summed E-state index contributed by atoms with van der Waals surface area (Å²) >= 11 is 7.61. The van der Waals surface area contributed by atoms with Crippen molar-refractivity contribution < 1.29 is 4.79 Å². The number of thiazole rings is 1. The first kappa shape index (κ1) is 18.7. The highest BCUT2D eigenvalue weighted by atomic mass is 35.5. The summed E-state index contributed by atoms with van der Waals surface area (Å²) in [7, 11) is 0. The van der Waals surface area contributed by atoms with Gasteiger partial charge in [-0.1, -0.05) is 70.5 Å². The minimum absolute atomic E-state index is 0.0548. The molecule has 3 nitrogen and oxygen atoms in total. The summed E-state index contributed by atoms with van der Waals surface area (Å²) in [6, 6.07) is 21.5. The lowest BCUT2D eigenvalue weighted by atomic mass is 10.1. The molecule has 0 saturated carbocycles. The Morgan fingerprint density at radius 1 is 1.00 bits per heavy atom. The quantitative estimate of drug-likeness (QED) is 0.392. The number of anilines is 1. The molecule has 0 saturated heterocycles. The average molecular weight is 407 g/mol. The number of amides is 1. The van der Waals surface area contributed by atoms with E-state index in [1.54, 1.807) is 4.90 Å². The first-order chi connectivity index (χ1) is 13.5. The summed E-state index contributed by atoms with van der Waals surface area (Å²) in [6.45, 7) is 4.47. The lowest BCUT2D eigenvalue weighted by Crippen LogP contribution is -2.30. The largest absolute Gasteiger partial charge is 0.279 e. The molecular weight excluding hydrogens is 388 g/mol. The highest BCUT2D eigenvalue weighted by Gasteiger charge is 2.22. The molecule has 0 bridgehead atoms. The van der Waals surface area contributed by atoms with E-state index in [-0.39, 0.29) is 5.91 Å². The number of hydrogen-bond donors (Lipinski definition) is 0. The number of aromatic nitrogens is 1. The van der Waals surface area contributed by atoms with Gasteiger partial charge in [-0.2, -0.15) is 0 Å². The summed E-state index contributed by atoms with van der Waals surface area (Å²) in [4.78, 5) is 19.9. The van der Waals surface area contributed by atoms with Crippen LogP contribution in [0.1, 0.15) is 27.0 Å². The molecule has 140 valence electrons. The molecule has 0 unspecified atom stereocenters. The van der Waals surface area contributed by atoms with Gasteiger partial charge in [-0.3, -0.25) is 9.69 Å². The van der Waals surface area contributed by atoms with Crippen molar-refractivity contribution in [3.05, 3.63) is 94.0 Å². The number of hydrogen-bond acceptors (Lipinski definition) is 3. The van der Waals surface area contributed by atoms with Crippen LogP contribution in [0.5, 0.6) is 0 Å². The van der Waals surface area contributed by atoms with E-state index in [0.29, 0.717) is 22.3 Å². The molecule has 5 heteroatoms. The Kier molecular flexibility index (Phi) is 5.16. The number of benzene rings is 3. The number of aryl methyl sites for hydroxylation is 2. The van der Waals surface area contributed by atoms with E-state index in [1.807, 2.05) is 74.5 Å². The molecule has 0 aliphatic heterocycles. The molecule has 0 N–H and O–H groups in total. The molecule has 0 aliphatic carbocycles. The fourth-order valence-electron chi connectivity index (χ4n) is 3.25. The molecule has 28 heavy (non-hydrogen) atoms. The molecule has 0 atom stereocenters. The van der Waals surface area contributed by atoms with Crippen LogP contribution in [0.2, 0.25) is 5.02 Å². The van der Waals surface area contributed by atoms with Gasteiger partial charge in [-0.25, -0.2) is 4.98 Å². The molecule has 3 aromatic carbocycles. The Labute approximate surface area is 173 Å². The maximum absolute atomic E-state index is 13.5. The van der Waals surface area contributed by atoms with Crippen LogP contribution in [0, 0.1) is 13.8 Å². The van der Waals surface area contributed by atoms with Crippen LogP contribution in [0.4, 0.5) is 5.13 Å². The van der Waals surface area contributed by atoms with Crippen molar-refractivity contribution in [1.82, 2.24) is 4.98 Å². The predicted octanol–water partition coefficient (Wildman–Crippen LogP) is 6.41. The predicted molar refractivity (Wildman–Crippen MR) is 118 cm³/mol. The summed E-state index contributed by atoms with van der Waals surface area (Å²) in [6.07, 6.45) is 0. The van der Waals surface area contributed by atoms with Crippen LogP contribution in [0.25, 0.3) is 10.2 Å². The molecule has 0 spiro atoms. The molecule has 1 aromatic heterocycles. The van der Waals surface area contributed by atoms with E-state index < -0.39 is 0 Å². The summed E-state index contributed by atoms with van der Waals surface area (Å²) < 4.78 is 0.966. The number of carbonyl (C=O) groups is 1. The van der Waals surface area contributed by atoms with Crippen LogP contribution < -0.4 is 4.90 Å². The van der Waals surface area contributed by atoms with Crippen LogP contribution in [-0.2, 0) is 6.54 Å². The minimum Gasteiger partial charge on any atom is -0.279 e. The Balaban J connectivity index is 1.79. The van der Waals surface area contributed by atoms with Gasteiger partial charge in [-0.15, -0.1) is 0 Å². The standard InChI is InChI=1S/C23H19ClN2OS/c1-15-10-16(2)12-18(11-15)22(27)26(14-17-6-4-3-5-7-17)23-25-20-9-8-19(24)13-21(20)28-23/h3-13H,14H2,1-2H3. The summed E-state index contributed by atoms with van der Waals surface area (Å²) in [5.41, 5.74) is 4.71.